The first-order valence-corrected chi connectivity index (χ1v) is 10.5. The van der Waals surface area contributed by atoms with Crippen LogP contribution in [-0.4, -0.2) is 55.0 Å². The van der Waals surface area contributed by atoms with E-state index in [1.807, 2.05) is 12.3 Å². The molecule has 29 heavy (non-hydrogen) atoms. The minimum absolute atomic E-state index is 0.0442. The molecule has 5 heterocycles. The van der Waals surface area contributed by atoms with Gasteiger partial charge in [-0.2, -0.15) is 0 Å². The molecule has 0 spiro atoms. The van der Waals surface area contributed by atoms with Crippen molar-refractivity contribution in [3.8, 4) is 11.1 Å². The molecule has 3 aromatic rings. The van der Waals surface area contributed by atoms with E-state index < -0.39 is 0 Å². The number of amides is 1. The van der Waals surface area contributed by atoms with Gasteiger partial charge in [-0.3, -0.25) is 4.79 Å². The van der Waals surface area contributed by atoms with Gasteiger partial charge in [0.15, 0.2) is 0 Å². The maximum Gasteiger partial charge on any atom is 0.253 e. The van der Waals surface area contributed by atoms with Crippen LogP contribution >= 0.6 is 0 Å². The van der Waals surface area contributed by atoms with Gasteiger partial charge in [-0.1, -0.05) is 24.3 Å². The zero-order valence-electron chi connectivity index (χ0n) is 17.1. The molecule has 3 aliphatic heterocycles. The number of carbonyl (C=O) groups excluding carboxylic acids is 1. The number of hydrogen-bond acceptors (Lipinski definition) is 3. The normalized spacial score (nSPS) is 23.3. The minimum atomic E-state index is 0.0442. The van der Waals surface area contributed by atoms with Gasteiger partial charge in [0.05, 0.1) is 5.56 Å². The monoisotopic (exact) mass is 388 g/mol. The second kappa shape index (κ2) is 7.23. The van der Waals surface area contributed by atoms with E-state index in [1.54, 1.807) is 0 Å². The van der Waals surface area contributed by atoms with Gasteiger partial charge in [0.2, 0.25) is 0 Å². The first-order valence-electron chi connectivity index (χ1n) is 10.5. The molecule has 0 unspecified atom stereocenters. The Morgan fingerprint density at radius 2 is 1.86 bits per heavy atom. The molecule has 5 nitrogen and oxygen atoms in total. The van der Waals surface area contributed by atoms with Crippen molar-refractivity contribution in [2.75, 3.05) is 38.6 Å². The summed E-state index contributed by atoms with van der Waals surface area (Å²) >= 11 is 0. The van der Waals surface area contributed by atoms with Gasteiger partial charge in [-0.15, -0.1) is 0 Å². The Hall–Kier alpha value is -2.79. The van der Waals surface area contributed by atoms with E-state index in [2.05, 4.69) is 76.2 Å². The maximum absolute atomic E-state index is 12.9. The van der Waals surface area contributed by atoms with Gasteiger partial charge in [0.1, 0.15) is 0 Å². The van der Waals surface area contributed by atoms with E-state index in [4.69, 9.17) is 0 Å². The number of anilines is 1. The first kappa shape index (κ1) is 18.3. The summed E-state index contributed by atoms with van der Waals surface area (Å²) in [5.41, 5.74) is 5.28. The largest absolute Gasteiger partial charge is 0.377 e. The lowest BCUT2D eigenvalue weighted by atomic mass is 9.84. The van der Waals surface area contributed by atoms with Gasteiger partial charge in [0.25, 0.3) is 5.91 Å². The molecule has 1 aromatic carbocycles. The van der Waals surface area contributed by atoms with Gasteiger partial charge in [-0.25, -0.2) is 0 Å². The number of nitrogens with zero attached hydrogens (tertiary/aromatic N) is 3. The van der Waals surface area contributed by atoms with Crippen LogP contribution in [0.5, 0.6) is 0 Å². The zero-order valence-corrected chi connectivity index (χ0v) is 17.1. The fraction of sp³-hybridized carbons (Fsp3) is 0.375. The number of rotatable bonds is 4. The van der Waals surface area contributed by atoms with Crippen LogP contribution in [0.1, 0.15) is 23.2 Å². The minimum Gasteiger partial charge on any atom is -0.377 e. The molecule has 5 heteroatoms. The van der Waals surface area contributed by atoms with Crippen LogP contribution in [0.25, 0.3) is 16.6 Å². The van der Waals surface area contributed by atoms with E-state index in [0.29, 0.717) is 5.92 Å². The summed E-state index contributed by atoms with van der Waals surface area (Å²) in [6.45, 7) is 3.37. The molecule has 2 aromatic heterocycles. The Kier molecular flexibility index (Phi) is 4.55. The lowest BCUT2D eigenvalue weighted by molar-refractivity contribution is 0.0620. The number of para-hydroxylation sites is 1. The molecule has 3 fully saturated rings. The highest BCUT2D eigenvalue weighted by atomic mass is 16.1. The predicted octanol–water partition coefficient (Wildman–Crippen LogP) is 3.50. The molecule has 3 aliphatic rings. The van der Waals surface area contributed by atoms with Gasteiger partial charge >= 0.3 is 0 Å². The molecule has 6 rings (SSSR count). The molecule has 3 saturated heterocycles. The summed E-state index contributed by atoms with van der Waals surface area (Å²) in [6.07, 6.45) is 6.48. The van der Waals surface area contributed by atoms with Gasteiger partial charge in [-0.05, 0) is 50.0 Å². The third-order valence-corrected chi connectivity index (χ3v) is 6.52. The highest BCUT2D eigenvalue weighted by Gasteiger charge is 2.35. The van der Waals surface area contributed by atoms with Crippen LogP contribution in [-0.2, 0) is 0 Å². The summed E-state index contributed by atoms with van der Waals surface area (Å²) in [4.78, 5) is 17.5. The maximum atomic E-state index is 12.9. The summed E-state index contributed by atoms with van der Waals surface area (Å²) in [5, 5.41) is 3.30. The average molecular weight is 389 g/mol. The summed E-state index contributed by atoms with van der Waals surface area (Å²) in [6, 6.07) is 14.9. The highest BCUT2D eigenvalue weighted by molar-refractivity contribution is 5.96. The molecule has 0 saturated carbocycles. The molecular formula is C24H28N4O. The van der Waals surface area contributed by atoms with Gasteiger partial charge in [0, 0.05) is 61.4 Å². The van der Waals surface area contributed by atoms with Crippen molar-refractivity contribution in [1.82, 2.24) is 14.6 Å². The van der Waals surface area contributed by atoms with Crippen molar-refractivity contribution < 1.29 is 4.79 Å². The number of aromatic nitrogens is 1. The number of benzene rings is 1. The van der Waals surface area contributed by atoms with Crippen LogP contribution in [0, 0.1) is 5.92 Å². The van der Waals surface area contributed by atoms with Crippen molar-refractivity contribution in [1.29, 1.82) is 0 Å². The molecule has 150 valence electrons. The van der Waals surface area contributed by atoms with Crippen molar-refractivity contribution >= 4 is 17.1 Å². The van der Waals surface area contributed by atoms with Crippen molar-refractivity contribution in [2.45, 2.75) is 18.9 Å². The molecule has 1 N–H and O–H groups in total. The first-order chi connectivity index (χ1) is 14.1. The Bertz CT molecular complexity index is 1050. The van der Waals surface area contributed by atoms with Crippen LogP contribution in [0.3, 0.4) is 0 Å². The predicted molar refractivity (Wildman–Crippen MR) is 118 cm³/mol. The van der Waals surface area contributed by atoms with E-state index in [0.717, 1.165) is 23.2 Å². The lowest BCUT2D eigenvalue weighted by Gasteiger charge is -2.44. The Morgan fingerprint density at radius 3 is 2.59 bits per heavy atom. The Morgan fingerprint density at radius 1 is 1.07 bits per heavy atom. The number of pyridine rings is 1. The smallest absolute Gasteiger partial charge is 0.253 e. The van der Waals surface area contributed by atoms with Crippen LogP contribution < -0.4 is 10.2 Å². The number of piperidine rings is 3. The van der Waals surface area contributed by atoms with Gasteiger partial charge < -0.3 is 19.5 Å². The quantitative estimate of drug-likeness (QED) is 0.744. The van der Waals surface area contributed by atoms with E-state index in [9.17, 15) is 4.79 Å². The van der Waals surface area contributed by atoms with E-state index >= 15 is 0 Å². The van der Waals surface area contributed by atoms with E-state index in [-0.39, 0.29) is 11.9 Å². The molecule has 1 amide bonds. The molecule has 1 atom stereocenters. The van der Waals surface area contributed by atoms with E-state index in [1.165, 1.54) is 37.2 Å². The SMILES string of the molecule is CN(C)c1ccccc1-c1ccc2cc(C(=O)N[C@H]3CN4CCC3CC4)cn2c1. The third-order valence-electron chi connectivity index (χ3n) is 6.52. The molecule has 2 bridgehead atoms. The molecule has 0 aliphatic carbocycles. The van der Waals surface area contributed by atoms with Crippen LogP contribution in [0.4, 0.5) is 5.69 Å². The van der Waals surface area contributed by atoms with Crippen LogP contribution in [0.2, 0.25) is 0 Å². The van der Waals surface area contributed by atoms with Crippen LogP contribution in [0.15, 0.2) is 54.9 Å². The third kappa shape index (κ3) is 3.40. The fourth-order valence-corrected chi connectivity index (χ4v) is 4.88. The number of fused-ring (bicyclic) bond motifs is 4. The highest BCUT2D eigenvalue weighted by Crippen LogP contribution is 2.30. The van der Waals surface area contributed by atoms with Crippen molar-refractivity contribution in [3.05, 3.63) is 60.4 Å². The Balaban J connectivity index is 1.40. The Labute approximate surface area is 171 Å². The zero-order chi connectivity index (χ0) is 20.0. The number of hydrogen-bond donors (Lipinski definition) is 1. The molecular weight excluding hydrogens is 360 g/mol. The topological polar surface area (TPSA) is 40.0 Å². The number of nitrogens with one attached hydrogen (secondary N) is 1. The lowest BCUT2D eigenvalue weighted by Crippen LogP contribution is -2.57. The second-order valence-corrected chi connectivity index (χ2v) is 8.61. The fourth-order valence-electron chi connectivity index (χ4n) is 4.88. The summed E-state index contributed by atoms with van der Waals surface area (Å²) < 4.78 is 2.06. The molecule has 0 radical (unpaired) electrons. The number of carbonyl (C=O) groups is 1. The summed E-state index contributed by atoms with van der Waals surface area (Å²) in [7, 11) is 4.12. The second-order valence-electron chi connectivity index (χ2n) is 8.61. The van der Waals surface area contributed by atoms with Crippen molar-refractivity contribution in [2.24, 2.45) is 5.92 Å². The standard InChI is InChI=1S/C24H28N4O/c1-26(2)23-6-4-3-5-21(23)18-7-8-20-13-19(15-28(20)14-18)24(29)25-22-16-27-11-9-17(22)10-12-27/h3-8,13-15,17,22H,9-12,16H2,1-2H3,(H,25,29)/t22-/m0/s1. The summed E-state index contributed by atoms with van der Waals surface area (Å²) in [5.74, 6) is 0.679. The van der Waals surface area contributed by atoms with Crippen molar-refractivity contribution in [3.63, 3.8) is 0 Å². The average Bonchev–Trinajstić information content (AvgIpc) is 3.18.